The summed E-state index contributed by atoms with van der Waals surface area (Å²) in [5.74, 6) is -0.873. The molecule has 0 amide bonds. The van der Waals surface area contributed by atoms with Crippen LogP contribution in [0.2, 0.25) is 0 Å². The first-order valence-electron chi connectivity index (χ1n) is 22.6. The fraction of sp³-hybridized carbons (Fsp3) is 0.783. The molecule has 0 radical (unpaired) electrons. The second-order valence-electron chi connectivity index (χ2n) is 14.9. The molecule has 9 nitrogen and oxygen atoms in total. The van der Waals surface area contributed by atoms with Crippen LogP contribution in [0.15, 0.2) is 48.6 Å². The van der Waals surface area contributed by atoms with Gasteiger partial charge < -0.3 is 20.1 Å². The standard InChI is InChI=1S/C46H84NO8P/c1-3-5-7-9-11-13-15-17-19-20-21-22-23-25-26-28-30-32-34-36-38-45(48)52-42-44(43-54-56(50,51)53-41-40-47)55-46(49)39-37-35-33-31-29-27-24-18-16-14-12-10-8-6-4-2/h6,8,12,14,18,24,29,31,44H,3-5,7,9-11,13,15-17,19-23,25-28,30,32-43,47H2,1-2H3,(H,50,51)/b8-6+,14-12+,24-18+,31-29+/t44-/m1/s1. The highest BCUT2D eigenvalue weighted by molar-refractivity contribution is 7.47. The summed E-state index contributed by atoms with van der Waals surface area (Å²) in [5.41, 5.74) is 5.35. The van der Waals surface area contributed by atoms with Crippen LogP contribution in [0.1, 0.15) is 200 Å². The van der Waals surface area contributed by atoms with Crippen molar-refractivity contribution in [3.63, 3.8) is 0 Å². The van der Waals surface area contributed by atoms with E-state index < -0.39 is 32.5 Å². The SMILES string of the molecule is CC/C=C/C/C=C/C/C=C/C/C=C/CCCCC(=O)O[C@H](COC(=O)CCCCCCCCCCCCCCCCCCCCCC)COP(=O)(O)OCCN. The van der Waals surface area contributed by atoms with Gasteiger partial charge in [-0.15, -0.1) is 0 Å². The molecule has 3 N–H and O–H groups in total. The van der Waals surface area contributed by atoms with Crippen molar-refractivity contribution < 1.29 is 37.6 Å². The number of carbonyl (C=O) groups excluding carboxylic acids is 2. The highest BCUT2D eigenvalue weighted by Gasteiger charge is 2.26. The molecule has 0 saturated carbocycles. The fourth-order valence-corrected chi connectivity index (χ4v) is 6.92. The van der Waals surface area contributed by atoms with Crippen LogP contribution < -0.4 is 5.73 Å². The number of esters is 2. The van der Waals surface area contributed by atoms with Gasteiger partial charge in [-0.1, -0.05) is 184 Å². The molecule has 0 bridgehead atoms. The van der Waals surface area contributed by atoms with Crippen LogP contribution in [0.4, 0.5) is 0 Å². The third kappa shape index (κ3) is 41.6. The lowest BCUT2D eigenvalue weighted by atomic mass is 10.0. The van der Waals surface area contributed by atoms with E-state index in [4.69, 9.17) is 24.3 Å². The smallest absolute Gasteiger partial charge is 0.462 e. The lowest BCUT2D eigenvalue weighted by molar-refractivity contribution is -0.161. The Morgan fingerprint density at radius 3 is 1.46 bits per heavy atom. The normalized spacial score (nSPS) is 13.7. The molecule has 0 aromatic rings. The first-order chi connectivity index (χ1) is 27.3. The summed E-state index contributed by atoms with van der Waals surface area (Å²) < 4.78 is 32.8. The van der Waals surface area contributed by atoms with Crippen molar-refractivity contribution in [3.05, 3.63) is 48.6 Å². The molecule has 56 heavy (non-hydrogen) atoms. The second kappa shape index (κ2) is 42.6. The van der Waals surface area contributed by atoms with Gasteiger partial charge in [-0.25, -0.2) is 4.57 Å². The van der Waals surface area contributed by atoms with Crippen molar-refractivity contribution in [2.24, 2.45) is 5.73 Å². The minimum absolute atomic E-state index is 0.0460. The van der Waals surface area contributed by atoms with E-state index in [-0.39, 0.29) is 32.6 Å². The number of phosphoric acid groups is 1. The molecule has 0 aromatic carbocycles. The number of rotatable bonds is 42. The molecule has 1 unspecified atom stereocenters. The van der Waals surface area contributed by atoms with Crippen molar-refractivity contribution in [2.75, 3.05) is 26.4 Å². The van der Waals surface area contributed by atoms with Crippen LogP contribution in [-0.4, -0.2) is 49.3 Å². The lowest BCUT2D eigenvalue weighted by Gasteiger charge is -2.19. The number of phosphoric ester groups is 1. The van der Waals surface area contributed by atoms with Gasteiger partial charge in [-0.05, 0) is 51.4 Å². The molecule has 0 aromatic heterocycles. The van der Waals surface area contributed by atoms with E-state index in [0.29, 0.717) is 6.42 Å². The predicted molar refractivity (Wildman–Crippen MR) is 233 cm³/mol. The number of ether oxygens (including phenoxy) is 2. The van der Waals surface area contributed by atoms with Crippen molar-refractivity contribution in [1.29, 1.82) is 0 Å². The minimum Gasteiger partial charge on any atom is -0.462 e. The van der Waals surface area contributed by atoms with Crippen LogP contribution in [0.3, 0.4) is 0 Å². The first kappa shape index (κ1) is 54.0. The molecule has 2 atom stereocenters. The average molecular weight is 810 g/mol. The summed E-state index contributed by atoms with van der Waals surface area (Å²) in [4.78, 5) is 34.9. The van der Waals surface area contributed by atoms with E-state index in [9.17, 15) is 19.0 Å². The monoisotopic (exact) mass is 810 g/mol. The van der Waals surface area contributed by atoms with Gasteiger partial charge in [0.25, 0.3) is 0 Å². The molecule has 0 fully saturated rings. The number of allylic oxidation sites excluding steroid dienone is 8. The maximum absolute atomic E-state index is 12.6. The maximum Gasteiger partial charge on any atom is 0.472 e. The van der Waals surface area contributed by atoms with E-state index in [1.165, 1.54) is 109 Å². The zero-order valence-corrected chi connectivity index (χ0v) is 36.8. The number of unbranched alkanes of at least 4 members (excludes halogenated alkanes) is 21. The largest absolute Gasteiger partial charge is 0.472 e. The van der Waals surface area contributed by atoms with E-state index >= 15 is 0 Å². The van der Waals surface area contributed by atoms with Crippen LogP contribution in [-0.2, 0) is 32.7 Å². The summed E-state index contributed by atoms with van der Waals surface area (Å²) in [6.07, 6.45) is 48.7. The van der Waals surface area contributed by atoms with Gasteiger partial charge in [0, 0.05) is 19.4 Å². The molecular weight excluding hydrogens is 725 g/mol. The Balaban J connectivity index is 4.13. The summed E-state index contributed by atoms with van der Waals surface area (Å²) in [7, 11) is -4.39. The zero-order chi connectivity index (χ0) is 41.1. The van der Waals surface area contributed by atoms with Gasteiger partial charge in [0.1, 0.15) is 6.61 Å². The Morgan fingerprint density at radius 2 is 0.982 bits per heavy atom. The Bertz CT molecular complexity index is 1060. The quantitative estimate of drug-likeness (QED) is 0.0267. The highest BCUT2D eigenvalue weighted by atomic mass is 31.2. The van der Waals surface area contributed by atoms with Gasteiger partial charge >= 0.3 is 19.8 Å². The fourth-order valence-electron chi connectivity index (χ4n) is 6.16. The number of carbonyl (C=O) groups is 2. The Hall–Kier alpha value is -2.03. The molecule has 0 aliphatic heterocycles. The number of hydrogen-bond donors (Lipinski definition) is 2. The van der Waals surface area contributed by atoms with Crippen molar-refractivity contribution in [1.82, 2.24) is 0 Å². The van der Waals surface area contributed by atoms with E-state index in [2.05, 4.69) is 62.5 Å². The maximum atomic E-state index is 12.6. The summed E-state index contributed by atoms with van der Waals surface area (Å²) >= 11 is 0. The molecule has 0 rings (SSSR count). The zero-order valence-electron chi connectivity index (χ0n) is 35.9. The Morgan fingerprint density at radius 1 is 0.554 bits per heavy atom. The highest BCUT2D eigenvalue weighted by Crippen LogP contribution is 2.43. The van der Waals surface area contributed by atoms with Gasteiger partial charge in [0.15, 0.2) is 6.10 Å². The average Bonchev–Trinajstić information content (AvgIpc) is 3.18. The molecule has 10 heteroatoms. The third-order valence-corrected chi connectivity index (χ3v) is 10.5. The molecule has 0 aliphatic rings. The van der Waals surface area contributed by atoms with E-state index in [0.717, 1.165) is 57.8 Å². The first-order valence-corrected chi connectivity index (χ1v) is 24.1. The Labute approximate surface area is 343 Å². The van der Waals surface area contributed by atoms with Crippen molar-refractivity contribution >= 4 is 19.8 Å². The molecule has 0 spiro atoms. The van der Waals surface area contributed by atoms with Gasteiger partial charge in [0.2, 0.25) is 0 Å². The second-order valence-corrected chi connectivity index (χ2v) is 16.3. The summed E-state index contributed by atoms with van der Waals surface area (Å²) in [6, 6.07) is 0. The predicted octanol–water partition coefficient (Wildman–Crippen LogP) is 13.1. The number of hydrogen-bond acceptors (Lipinski definition) is 8. The van der Waals surface area contributed by atoms with E-state index in [1.807, 2.05) is 0 Å². The van der Waals surface area contributed by atoms with Crippen LogP contribution in [0, 0.1) is 0 Å². The van der Waals surface area contributed by atoms with Gasteiger partial charge in [-0.2, -0.15) is 0 Å². The summed E-state index contributed by atoms with van der Waals surface area (Å²) in [6.45, 7) is 3.58. The number of nitrogens with two attached hydrogens (primary N) is 1. The lowest BCUT2D eigenvalue weighted by Crippen LogP contribution is -2.29. The van der Waals surface area contributed by atoms with Crippen LogP contribution in [0.5, 0.6) is 0 Å². The molecule has 0 saturated heterocycles. The third-order valence-electron chi connectivity index (χ3n) is 9.48. The van der Waals surface area contributed by atoms with Crippen molar-refractivity contribution in [3.8, 4) is 0 Å². The topological polar surface area (TPSA) is 134 Å². The minimum atomic E-state index is -4.39. The van der Waals surface area contributed by atoms with Crippen molar-refractivity contribution in [2.45, 2.75) is 206 Å². The molecule has 326 valence electrons. The molecule has 0 heterocycles. The Kier molecular flexibility index (Phi) is 41.0. The van der Waals surface area contributed by atoms with Crippen LogP contribution >= 0.6 is 7.82 Å². The molecule has 0 aliphatic carbocycles. The molecular formula is C46H84NO8P. The summed E-state index contributed by atoms with van der Waals surface area (Å²) in [5, 5.41) is 0. The van der Waals surface area contributed by atoms with Crippen LogP contribution in [0.25, 0.3) is 0 Å². The van der Waals surface area contributed by atoms with Gasteiger partial charge in [0.05, 0.1) is 13.2 Å². The van der Waals surface area contributed by atoms with E-state index in [1.54, 1.807) is 0 Å². The van der Waals surface area contributed by atoms with Gasteiger partial charge in [-0.3, -0.25) is 18.6 Å².